The third-order valence-corrected chi connectivity index (χ3v) is 6.38. The number of benzene rings is 1. The van der Waals surface area contributed by atoms with E-state index in [1.165, 1.54) is 32.9 Å². The Hall–Kier alpha value is -3.00. The fourth-order valence-electron chi connectivity index (χ4n) is 4.05. The SMILES string of the molecule is C[C@]1(c2ccc3c(c2)CCC3)NC(=O)N(Cc2cc(=O)n3ccsc3n2)C1=O. The lowest BCUT2D eigenvalue weighted by atomic mass is 9.89. The number of carbonyl (C=O) groups excluding carboxylic acids is 2. The Bertz CT molecular complexity index is 1200. The minimum Gasteiger partial charge on any atom is -0.319 e. The van der Waals surface area contributed by atoms with Crippen LogP contribution in [0.15, 0.2) is 40.6 Å². The molecular formula is C20H18N4O3S. The van der Waals surface area contributed by atoms with Crippen LogP contribution in [0, 0.1) is 0 Å². The molecule has 3 heterocycles. The second-order valence-electron chi connectivity index (χ2n) is 7.42. The topological polar surface area (TPSA) is 83.8 Å². The van der Waals surface area contributed by atoms with Crippen LogP contribution in [-0.2, 0) is 29.7 Å². The number of hydrogen-bond acceptors (Lipinski definition) is 5. The van der Waals surface area contributed by atoms with Crippen LogP contribution >= 0.6 is 11.3 Å². The van der Waals surface area contributed by atoms with Gasteiger partial charge in [0.05, 0.1) is 12.2 Å². The molecule has 2 aromatic heterocycles. The van der Waals surface area contributed by atoms with Crippen LogP contribution < -0.4 is 10.9 Å². The van der Waals surface area contributed by atoms with Crippen LogP contribution in [-0.4, -0.2) is 26.2 Å². The highest BCUT2D eigenvalue weighted by atomic mass is 32.1. The van der Waals surface area contributed by atoms with Crippen molar-refractivity contribution in [2.75, 3.05) is 0 Å². The van der Waals surface area contributed by atoms with E-state index >= 15 is 0 Å². The predicted octanol–water partition coefficient (Wildman–Crippen LogP) is 2.21. The number of hydrogen-bond donors (Lipinski definition) is 1. The number of nitrogens with zero attached hydrogens (tertiary/aromatic N) is 3. The van der Waals surface area contributed by atoms with Gasteiger partial charge in [0.25, 0.3) is 11.5 Å². The summed E-state index contributed by atoms with van der Waals surface area (Å²) in [5, 5.41) is 4.60. The molecule has 28 heavy (non-hydrogen) atoms. The molecule has 1 aromatic carbocycles. The minimum absolute atomic E-state index is 0.0329. The van der Waals surface area contributed by atoms with Crippen LogP contribution in [0.5, 0.6) is 0 Å². The minimum atomic E-state index is -1.11. The number of rotatable bonds is 3. The first-order chi connectivity index (χ1) is 13.5. The van der Waals surface area contributed by atoms with Gasteiger partial charge >= 0.3 is 6.03 Å². The van der Waals surface area contributed by atoms with E-state index in [9.17, 15) is 14.4 Å². The molecule has 8 heteroatoms. The average Bonchev–Trinajstić information content (AvgIpc) is 3.37. The van der Waals surface area contributed by atoms with Gasteiger partial charge in [0, 0.05) is 17.6 Å². The molecular weight excluding hydrogens is 376 g/mol. The second-order valence-corrected chi connectivity index (χ2v) is 8.30. The highest BCUT2D eigenvalue weighted by Crippen LogP contribution is 2.33. The Morgan fingerprint density at radius 3 is 2.86 bits per heavy atom. The standard InChI is InChI=1S/C20H18N4O3S/c1-20(14-6-5-12-3-2-4-13(12)9-14)17(26)24(18(27)22-20)11-15-10-16(25)23-7-8-28-19(23)21-15/h5-10H,2-4,11H2,1H3,(H,22,27)/t20-/m1/s1. The average molecular weight is 394 g/mol. The number of imide groups is 1. The molecule has 1 fully saturated rings. The Balaban J connectivity index is 1.47. The van der Waals surface area contributed by atoms with E-state index in [1.54, 1.807) is 18.5 Å². The van der Waals surface area contributed by atoms with E-state index in [2.05, 4.69) is 16.4 Å². The van der Waals surface area contributed by atoms with Crippen molar-refractivity contribution in [2.24, 2.45) is 0 Å². The lowest BCUT2D eigenvalue weighted by Crippen LogP contribution is -2.41. The molecule has 0 saturated carbocycles. The van der Waals surface area contributed by atoms with Gasteiger partial charge in [-0.05, 0) is 42.9 Å². The van der Waals surface area contributed by atoms with Crippen molar-refractivity contribution >= 4 is 28.2 Å². The van der Waals surface area contributed by atoms with Crippen molar-refractivity contribution in [1.82, 2.24) is 19.6 Å². The Morgan fingerprint density at radius 1 is 1.18 bits per heavy atom. The van der Waals surface area contributed by atoms with Gasteiger partial charge in [-0.3, -0.25) is 18.9 Å². The van der Waals surface area contributed by atoms with Gasteiger partial charge in [-0.15, -0.1) is 11.3 Å². The van der Waals surface area contributed by atoms with Crippen LogP contribution in [0.4, 0.5) is 4.79 Å². The van der Waals surface area contributed by atoms with E-state index in [0.29, 0.717) is 10.7 Å². The number of urea groups is 1. The summed E-state index contributed by atoms with van der Waals surface area (Å²) in [6, 6.07) is 6.91. The highest BCUT2D eigenvalue weighted by molar-refractivity contribution is 7.15. The van der Waals surface area contributed by atoms with Crippen LogP contribution in [0.25, 0.3) is 4.96 Å². The zero-order valence-electron chi connectivity index (χ0n) is 15.3. The van der Waals surface area contributed by atoms with Crippen molar-refractivity contribution in [3.63, 3.8) is 0 Å². The van der Waals surface area contributed by atoms with Gasteiger partial charge < -0.3 is 5.32 Å². The Labute approximate surface area is 164 Å². The van der Waals surface area contributed by atoms with Gasteiger partial charge in [-0.2, -0.15) is 0 Å². The van der Waals surface area contributed by atoms with E-state index in [1.807, 2.05) is 12.1 Å². The van der Waals surface area contributed by atoms with E-state index in [-0.39, 0.29) is 18.0 Å². The molecule has 7 nitrogen and oxygen atoms in total. The van der Waals surface area contributed by atoms with Crippen LogP contribution in [0.3, 0.4) is 0 Å². The summed E-state index contributed by atoms with van der Waals surface area (Å²) in [5.74, 6) is -0.330. The van der Waals surface area contributed by atoms with Crippen LogP contribution in [0.2, 0.25) is 0 Å². The number of fused-ring (bicyclic) bond motifs is 2. The number of carbonyl (C=O) groups is 2. The zero-order chi connectivity index (χ0) is 19.5. The maximum atomic E-state index is 13.2. The number of aryl methyl sites for hydroxylation is 2. The summed E-state index contributed by atoms with van der Waals surface area (Å²) in [4.78, 5) is 44.0. The third-order valence-electron chi connectivity index (χ3n) is 5.63. The molecule has 1 atom stereocenters. The largest absolute Gasteiger partial charge is 0.325 e. The van der Waals surface area contributed by atoms with Gasteiger partial charge in [0.1, 0.15) is 5.54 Å². The Kier molecular flexibility index (Phi) is 3.67. The van der Waals surface area contributed by atoms with E-state index in [0.717, 1.165) is 29.7 Å². The fraction of sp³-hybridized carbons (Fsp3) is 0.300. The van der Waals surface area contributed by atoms with Gasteiger partial charge in [0.2, 0.25) is 0 Å². The molecule has 3 amide bonds. The molecule has 1 aliphatic carbocycles. The second kappa shape index (κ2) is 6.00. The molecule has 1 N–H and O–H groups in total. The van der Waals surface area contributed by atoms with Gasteiger partial charge in [0.15, 0.2) is 4.96 Å². The molecule has 0 spiro atoms. The number of amides is 3. The summed E-state index contributed by atoms with van der Waals surface area (Å²) >= 11 is 1.33. The molecule has 0 radical (unpaired) electrons. The lowest BCUT2D eigenvalue weighted by Gasteiger charge is -2.23. The van der Waals surface area contributed by atoms with Gasteiger partial charge in [-0.1, -0.05) is 18.2 Å². The van der Waals surface area contributed by atoms with Crippen molar-refractivity contribution < 1.29 is 9.59 Å². The highest BCUT2D eigenvalue weighted by Gasteiger charge is 2.49. The van der Waals surface area contributed by atoms with Crippen molar-refractivity contribution in [2.45, 2.75) is 38.3 Å². The first-order valence-electron chi connectivity index (χ1n) is 9.18. The predicted molar refractivity (Wildman–Crippen MR) is 104 cm³/mol. The number of nitrogens with one attached hydrogen (secondary N) is 1. The first kappa shape index (κ1) is 17.1. The molecule has 1 aliphatic heterocycles. The van der Waals surface area contributed by atoms with E-state index in [4.69, 9.17) is 0 Å². The summed E-state index contributed by atoms with van der Waals surface area (Å²) in [5.41, 5.74) is 2.41. The van der Waals surface area contributed by atoms with E-state index < -0.39 is 11.6 Å². The summed E-state index contributed by atoms with van der Waals surface area (Å²) in [7, 11) is 0. The molecule has 3 aromatic rings. The molecule has 142 valence electrons. The number of thiazole rings is 1. The summed E-state index contributed by atoms with van der Waals surface area (Å²) < 4.78 is 1.44. The molecule has 2 aliphatic rings. The molecule has 1 saturated heterocycles. The maximum absolute atomic E-state index is 13.2. The quantitative estimate of drug-likeness (QED) is 0.691. The van der Waals surface area contributed by atoms with Crippen molar-refractivity contribution in [3.05, 3.63) is 68.6 Å². The number of aromatic nitrogens is 2. The molecule has 5 rings (SSSR count). The van der Waals surface area contributed by atoms with Crippen molar-refractivity contribution in [1.29, 1.82) is 0 Å². The fourth-order valence-corrected chi connectivity index (χ4v) is 4.79. The summed E-state index contributed by atoms with van der Waals surface area (Å²) in [6.07, 6.45) is 4.83. The Morgan fingerprint density at radius 2 is 2.00 bits per heavy atom. The normalized spacial score (nSPS) is 21.4. The maximum Gasteiger partial charge on any atom is 0.325 e. The monoisotopic (exact) mass is 394 g/mol. The molecule has 0 unspecified atom stereocenters. The van der Waals surface area contributed by atoms with Crippen molar-refractivity contribution in [3.8, 4) is 0 Å². The summed E-state index contributed by atoms with van der Waals surface area (Å²) in [6.45, 7) is 1.70. The zero-order valence-corrected chi connectivity index (χ0v) is 16.1. The lowest BCUT2D eigenvalue weighted by molar-refractivity contribution is -0.131. The first-order valence-corrected chi connectivity index (χ1v) is 10.1. The van der Waals surface area contributed by atoms with Gasteiger partial charge in [-0.25, -0.2) is 9.78 Å². The third kappa shape index (κ3) is 2.48. The smallest absolute Gasteiger partial charge is 0.319 e. The molecule has 0 bridgehead atoms. The van der Waals surface area contributed by atoms with Crippen LogP contribution in [0.1, 0.15) is 35.7 Å².